The molecule has 0 aromatic carbocycles. The van der Waals surface area contributed by atoms with Crippen molar-refractivity contribution in [3.05, 3.63) is 0 Å². The summed E-state index contributed by atoms with van der Waals surface area (Å²) in [5, 5.41) is 9.59. The van der Waals surface area contributed by atoms with Gasteiger partial charge in [0.2, 0.25) is 0 Å². The molecule has 0 aromatic rings. The minimum absolute atomic E-state index is 0.105. The van der Waals surface area contributed by atoms with E-state index in [1.54, 1.807) is 0 Å². The van der Waals surface area contributed by atoms with Gasteiger partial charge in [0, 0.05) is 18.8 Å². The van der Waals surface area contributed by atoms with Gasteiger partial charge in [-0.25, -0.2) is 0 Å². The molecule has 0 heterocycles. The standard InChI is InChI=1S/C15H19NO4/c1-20-14(19)13-10-5-3-2-4-6-12(18)15(10,9-16)8-7-11(13)17/h10,13H,2-8H2,1H3/t10-,13-,15+/m1/s1. The van der Waals surface area contributed by atoms with E-state index in [0.717, 1.165) is 19.3 Å². The highest BCUT2D eigenvalue weighted by molar-refractivity contribution is 6.02. The fourth-order valence-corrected chi connectivity index (χ4v) is 3.60. The van der Waals surface area contributed by atoms with Crippen LogP contribution in [0.1, 0.15) is 44.9 Å². The maximum atomic E-state index is 12.4. The van der Waals surface area contributed by atoms with E-state index in [1.165, 1.54) is 7.11 Å². The number of esters is 1. The number of hydrogen-bond donors (Lipinski definition) is 0. The summed E-state index contributed by atoms with van der Waals surface area (Å²) in [6, 6.07) is 2.16. The Balaban J connectivity index is 2.44. The summed E-state index contributed by atoms with van der Waals surface area (Å²) in [7, 11) is 1.24. The number of rotatable bonds is 1. The highest BCUT2D eigenvalue weighted by atomic mass is 16.5. The second kappa shape index (κ2) is 5.74. The molecule has 0 saturated heterocycles. The Bertz CT molecular complexity index is 471. The van der Waals surface area contributed by atoms with Gasteiger partial charge in [0.25, 0.3) is 0 Å². The lowest BCUT2D eigenvalue weighted by atomic mass is 9.57. The van der Waals surface area contributed by atoms with Crippen molar-refractivity contribution in [2.24, 2.45) is 17.3 Å². The average molecular weight is 277 g/mol. The maximum absolute atomic E-state index is 12.4. The van der Waals surface area contributed by atoms with Gasteiger partial charge in [-0.05, 0) is 19.3 Å². The molecule has 0 N–H and O–H groups in total. The molecule has 5 nitrogen and oxygen atoms in total. The summed E-state index contributed by atoms with van der Waals surface area (Å²) in [4.78, 5) is 36.5. The van der Waals surface area contributed by atoms with Crippen LogP contribution in [-0.2, 0) is 19.1 Å². The molecule has 2 rings (SSSR count). The zero-order valence-electron chi connectivity index (χ0n) is 11.7. The van der Waals surface area contributed by atoms with Crippen molar-refractivity contribution in [2.75, 3.05) is 7.11 Å². The number of carbonyl (C=O) groups is 3. The normalized spacial score (nSPS) is 34.4. The summed E-state index contributed by atoms with van der Waals surface area (Å²) in [6.07, 6.45) is 3.80. The Morgan fingerprint density at radius 3 is 2.70 bits per heavy atom. The maximum Gasteiger partial charge on any atom is 0.316 e. The molecule has 2 aliphatic carbocycles. The first-order valence-corrected chi connectivity index (χ1v) is 7.12. The number of ether oxygens (including phenoxy) is 1. The molecule has 0 radical (unpaired) electrons. The molecule has 2 fully saturated rings. The first-order chi connectivity index (χ1) is 9.56. The molecule has 0 spiro atoms. The van der Waals surface area contributed by atoms with Gasteiger partial charge < -0.3 is 4.74 Å². The molecule has 0 bridgehead atoms. The zero-order chi connectivity index (χ0) is 14.8. The largest absolute Gasteiger partial charge is 0.468 e. The van der Waals surface area contributed by atoms with Gasteiger partial charge in [-0.1, -0.05) is 12.8 Å². The quantitative estimate of drug-likeness (QED) is 0.539. The second-order valence-corrected chi connectivity index (χ2v) is 5.68. The number of Topliss-reactive ketones (excluding diaryl/α,β-unsaturated/α-hetero) is 2. The lowest BCUT2D eigenvalue weighted by molar-refractivity contribution is -0.158. The van der Waals surface area contributed by atoms with Gasteiger partial charge in [-0.3, -0.25) is 14.4 Å². The highest BCUT2D eigenvalue weighted by Crippen LogP contribution is 2.48. The molecule has 20 heavy (non-hydrogen) atoms. The van der Waals surface area contributed by atoms with E-state index in [9.17, 15) is 19.6 Å². The summed E-state index contributed by atoms with van der Waals surface area (Å²) < 4.78 is 4.73. The first-order valence-electron chi connectivity index (χ1n) is 7.12. The monoisotopic (exact) mass is 277 g/mol. The fourth-order valence-electron chi connectivity index (χ4n) is 3.60. The van der Waals surface area contributed by atoms with Crippen LogP contribution in [0.5, 0.6) is 0 Å². The molecule has 0 aromatic heterocycles. The summed E-state index contributed by atoms with van der Waals surface area (Å²) >= 11 is 0. The highest BCUT2D eigenvalue weighted by Gasteiger charge is 2.56. The van der Waals surface area contributed by atoms with Crippen LogP contribution in [0.25, 0.3) is 0 Å². The van der Waals surface area contributed by atoms with E-state index >= 15 is 0 Å². The predicted molar refractivity (Wildman–Crippen MR) is 69.4 cm³/mol. The molecular formula is C15H19NO4. The molecule has 0 amide bonds. The van der Waals surface area contributed by atoms with Crippen molar-refractivity contribution in [3.8, 4) is 6.07 Å². The molecule has 5 heteroatoms. The van der Waals surface area contributed by atoms with E-state index < -0.39 is 23.2 Å². The van der Waals surface area contributed by atoms with Crippen LogP contribution in [-0.4, -0.2) is 24.6 Å². The third-order valence-corrected chi connectivity index (χ3v) is 4.72. The number of carbonyl (C=O) groups excluding carboxylic acids is 3. The lowest BCUT2D eigenvalue weighted by Gasteiger charge is -2.42. The van der Waals surface area contributed by atoms with Crippen molar-refractivity contribution < 1.29 is 19.1 Å². The number of nitriles is 1. The number of methoxy groups -OCH3 is 1. The van der Waals surface area contributed by atoms with Gasteiger partial charge >= 0.3 is 5.97 Å². The van der Waals surface area contributed by atoms with E-state index in [-0.39, 0.29) is 24.4 Å². The smallest absolute Gasteiger partial charge is 0.316 e. The van der Waals surface area contributed by atoms with Crippen molar-refractivity contribution in [3.63, 3.8) is 0 Å². The molecular weight excluding hydrogens is 258 g/mol. The average Bonchev–Trinajstić information content (AvgIpc) is 2.44. The van der Waals surface area contributed by atoms with Crippen LogP contribution in [0.3, 0.4) is 0 Å². The Labute approximate surface area is 118 Å². The molecule has 0 aliphatic heterocycles. The molecule has 3 atom stereocenters. The van der Waals surface area contributed by atoms with Crippen LogP contribution in [0, 0.1) is 28.6 Å². The van der Waals surface area contributed by atoms with Crippen molar-refractivity contribution in [2.45, 2.75) is 44.9 Å². The van der Waals surface area contributed by atoms with Crippen molar-refractivity contribution in [1.29, 1.82) is 5.26 Å². The minimum Gasteiger partial charge on any atom is -0.468 e. The number of fused-ring (bicyclic) bond motifs is 1. The second-order valence-electron chi connectivity index (χ2n) is 5.68. The fraction of sp³-hybridized carbons (Fsp3) is 0.733. The molecule has 0 unspecified atom stereocenters. The number of nitrogens with zero attached hydrogens (tertiary/aromatic N) is 1. The van der Waals surface area contributed by atoms with E-state index in [1.807, 2.05) is 0 Å². The Hall–Kier alpha value is -1.70. The van der Waals surface area contributed by atoms with Gasteiger partial charge in [0.05, 0.1) is 13.2 Å². The predicted octanol–water partition coefficient (Wildman–Crippen LogP) is 1.80. The van der Waals surface area contributed by atoms with Gasteiger partial charge in [0.1, 0.15) is 17.1 Å². The third-order valence-electron chi connectivity index (χ3n) is 4.72. The topological polar surface area (TPSA) is 84.2 Å². The minimum atomic E-state index is -1.17. The summed E-state index contributed by atoms with van der Waals surface area (Å²) in [6.45, 7) is 0. The van der Waals surface area contributed by atoms with E-state index in [2.05, 4.69) is 6.07 Å². The van der Waals surface area contributed by atoms with Crippen molar-refractivity contribution >= 4 is 17.5 Å². The molecule has 2 saturated carbocycles. The Morgan fingerprint density at radius 2 is 2.05 bits per heavy atom. The third kappa shape index (κ3) is 2.24. The SMILES string of the molecule is COC(=O)[C@H]1C(=O)CC[C@@]2(C#N)C(=O)CCCCC[C@H]12. The number of hydrogen-bond acceptors (Lipinski definition) is 5. The van der Waals surface area contributed by atoms with E-state index in [4.69, 9.17) is 4.74 Å². The first kappa shape index (κ1) is 14.7. The summed E-state index contributed by atoms with van der Waals surface area (Å²) in [5.74, 6) is -2.37. The molecule has 108 valence electrons. The Morgan fingerprint density at radius 1 is 1.30 bits per heavy atom. The summed E-state index contributed by atoms with van der Waals surface area (Å²) in [5.41, 5.74) is -1.17. The van der Waals surface area contributed by atoms with Gasteiger partial charge in [-0.2, -0.15) is 5.26 Å². The van der Waals surface area contributed by atoms with Gasteiger partial charge in [-0.15, -0.1) is 0 Å². The van der Waals surface area contributed by atoms with E-state index in [0.29, 0.717) is 12.8 Å². The lowest BCUT2D eigenvalue weighted by Crippen LogP contribution is -2.51. The van der Waals surface area contributed by atoms with Crippen molar-refractivity contribution in [1.82, 2.24) is 0 Å². The zero-order valence-corrected chi connectivity index (χ0v) is 11.7. The van der Waals surface area contributed by atoms with Crippen LogP contribution in [0.2, 0.25) is 0 Å². The van der Waals surface area contributed by atoms with Gasteiger partial charge in [0.15, 0.2) is 5.78 Å². The van der Waals surface area contributed by atoms with Crippen LogP contribution in [0.15, 0.2) is 0 Å². The Kier molecular flexibility index (Phi) is 4.22. The van der Waals surface area contributed by atoms with Crippen LogP contribution >= 0.6 is 0 Å². The molecule has 2 aliphatic rings. The van der Waals surface area contributed by atoms with Crippen LogP contribution in [0.4, 0.5) is 0 Å². The number of ketones is 2. The van der Waals surface area contributed by atoms with Crippen LogP contribution < -0.4 is 0 Å².